The highest BCUT2D eigenvalue weighted by Crippen LogP contribution is 2.35. The fourth-order valence-corrected chi connectivity index (χ4v) is 6.71. The van der Waals surface area contributed by atoms with Crippen LogP contribution in [0.25, 0.3) is 10.6 Å². The molecule has 2 aliphatic heterocycles. The largest absolute Gasteiger partial charge is 0.339 e. The van der Waals surface area contributed by atoms with Crippen molar-refractivity contribution < 1.29 is 4.79 Å². The fourth-order valence-electron chi connectivity index (χ4n) is 5.39. The highest BCUT2D eigenvalue weighted by molar-refractivity contribution is 7.15. The number of benzene rings is 1. The first-order valence-electron chi connectivity index (χ1n) is 11.8. The minimum Gasteiger partial charge on any atom is -0.339 e. The predicted octanol–water partition coefficient (Wildman–Crippen LogP) is 3.79. The zero-order chi connectivity index (χ0) is 21.5. The second-order valence-corrected chi connectivity index (χ2v) is 10.7. The van der Waals surface area contributed by atoms with Gasteiger partial charge in [0.15, 0.2) is 0 Å². The Hall–Kier alpha value is -1.76. The molecule has 0 atom stereocenters. The summed E-state index contributed by atoms with van der Waals surface area (Å²) in [6, 6.07) is 5.29. The first kappa shape index (κ1) is 21.1. The van der Waals surface area contributed by atoms with Crippen LogP contribution in [-0.2, 0) is 17.8 Å². The normalized spacial score (nSPS) is 20.5. The van der Waals surface area contributed by atoms with E-state index in [1.165, 1.54) is 52.1 Å². The van der Waals surface area contributed by atoms with Crippen LogP contribution in [0.3, 0.4) is 0 Å². The standard InChI is InChI=1S/C25H34N4OS/c1-17-13-18(2)24(19(3)14-17)25-26-21-7-8-27(15-22(21)31-25)16-23(30)29-11-9-28(10-12-29)20-5-4-6-20/h13-14,20H,4-12,15-16H2,1-3H3. The van der Waals surface area contributed by atoms with Gasteiger partial charge < -0.3 is 4.90 Å². The Morgan fingerprint density at radius 1 is 1.06 bits per heavy atom. The predicted molar refractivity (Wildman–Crippen MR) is 127 cm³/mol. The van der Waals surface area contributed by atoms with E-state index in [9.17, 15) is 4.79 Å². The van der Waals surface area contributed by atoms with E-state index >= 15 is 0 Å². The average Bonchev–Trinajstić information content (AvgIpc) is 3.09. The molecule has 6 heteroatoms. The molecule has 1 saturated heterocycles. The van der Waals surface area contributed by atoms with Crippen molar-refractivity contribution in [1.82, 2.24) is 19.7 Å². The number of aromatic nitrogens is 1. The second-order valence-electron chi connectivity index (χ2n) is 9.62. The zero-order valence-corrected chi connectivity index (χ0v) is 19.9. The number of rotatable bonds is 4. The van der Waals surface area contributed by atoms with E-state index in [-0.39, 0.29) is 0 Å². The van der Waals surface area contributed by atoms with Crippen LogP contribution in [0, 0.1) is 20.8 Å². The molecule has 5 nitrogen and oxygen atoms in total. The first-order chi connectivity index (χ1) is 15.0. The van der Waals surface area contributed by atoms with Crippen molar-refractivity contribution in [2.45, 2.75) is 59.0 Å². The molecule has 0 unspecified atom stereocenters. The monoisotopic (exact) mass is 438 g/mol. The van der Waals surface area contributed by atoms with E-state index in [0.717, 1.165) is 56.7 Å². The van der Waals surface area contributed by atoms with Gasteiger partial charge in [0.25, 0.3) is 0 Å². The molecule has 1 amide bonds. The van der Waals surface area contributed by atoms with Crippen LogP contribution in [0.4, 0.5) is 0 Å². The number of fused-ring (bicyclic) bond motifs is 1. The lowest BCUT2D eigenvalue weighted by atomic mass is 9.91. The highest BCUT2D eigenvalue weighted by atomic mass is 32.1. The molecule has 5 rings (SSSR count). The van der Waals surface area contributed by atoms with Crippen molar-refractivity contribution in [3.05, 3.63) is 39.4 Å². The van der Waals surface area contributed by atoms with Crippen molar-refractivity contribution in [2.75, 3.05) is 39.3 Å². The van der Waals surface area contributed by atoms with Gasteiger partial charge in [0, 0.05) is 62.2 Å². The molecule has 3 aliphatic rings. The highest BCUT2D eigenvalue weighted by Gasteiger charge is 2.30. The molecule has 166 valence electrons. The summed E-state index contributed by atoms with van der Waals surface area (Å²) in [5.74, 6) is 0.298. The Bertz CT molecular complexity index is 949. The smallest absolute Gasteiger partial charge is 0.236 e. The summed E-state index contributed by atoms with van der Waals surface area (Å²) in [5.41, 5.74) is 6.43. The molecule has 0 spiro atoms. The van der Waals surface area contributed by atoms with Gasteiger partial charge in [0.05, 0.1) is 12.2 Å². The molecule has 0 radical (unpaired) electrons. The van der Waals surface area contributed by atoms with Gasteiger partial charge in [-0.25, -0.2) is 4.98 Å². The van der Waals surface area contributed by atoms with Crippen LogP contribution in [0.15, 0.2) is 12.1 Å². The van der Waals surface area contributed by atoms with Crippen molar-refractivity contribution in [2.24, 2.45) is 0 Å². The summed E-state index contributed by atoms with van der Waals surface area (Å²) in [5, 5.41) is 1.14. The van der Waals surface area contributed by atoms with Crippen molar-refractivity contribution in [3.63, 3.8) is 0 Å². The van der Waals surface area contributed by atoms with Crippen molar-refractivity contribution in [1.29, 1.82) is 0 Å². The van der Waals surface area contributed by atoms with Gasteiger partial charge in [0.1, 0.15) is 5.01 Å². The van der Waals surface area contributed by atoms with Crippen LogP contribution < -0.4 is 0 Å². The van der Waals surface area contributed by atoms with E-state index in [0.29, 0.717) is 12.5 Å². The van der Waals surface area contributed by atoms with E-state index in [1.54, 1.807) is 0 Å². The SMILES string of the molecule is Cc1cc(C)c(-c2nc3c(s2)CN(CC(=O)N2CCN(C4CCC4)CC2)CC3)c(C)c1. The minimum atomic E-state index is 0.298. The molecule has 0 N–H and O–H groups in total. The Morgan fingerprint density at radius 2 is 1.77 bits per heavy atom. The minimum absolute atomic E-state index is 0.298. The lowest BCUT2D eigenvalue weighted by Gasteiger charge is -2.43. The molecule has 2 fully saturated rings. The maximum absolute atomic E-state index is 12.9. The third-order valence-corrected chi connectivity index (χ3v) is 8.42. The zero-order valence-electron chi connectivity index (χ0n) is 19.1. The number of nitrogens with zero attached hydrogens (tertiary/aromatic N) is 4. The van der Waals surface area contributed by atoms with Crippen LogP contribution in [0.2, 0.25) is 0 Å². The topological polar surface area (TPSA) is 39.7 Å². The first-order valence-corrected chi connectivity index (χ1v) is 12.6. The number of aryl methyl sites for hydroxylation is 3. The summed E-state index contributed by atoms with van der Waals surface area (Å²) in [7, 11) is 0. The molecule has 1 aromatic heterocycles. The fraction of sp³-hybridized carbons (Fsp3) is 0.600. The molecular formula is C25H34N4OS. The Kier molecular flexibility index (Phi) is 5.88. The number of piperazine rings is 1. The molecule has 2 aromatic rings. The van der Waals surface area contributed by atoms with Crippen molar-refractivity contribution >= 4 is 17.2 Å². The molecule has 3 heterocycles. The lowest BCUT2D eigenvalue weighted by Crippen LogP contribution is -2.55. The third-order valence-electron chi connectivity index (χ3n) is 7.32. The molecule has 1 aliphatic carbocycles. The van der Waals surface area contributed by atoms with E-state index in [1.807, 2.05) is 11.3 Å². The van der Waals surface area contributed by atoms with Crippen molar-refractivity contribution in [3.8, 4) is 10.6 Å². The Morgan fingerprint density at radius 3 is 2.42 bits per heavy atom. The van der Waals surface area contributed by atoms with E-state index in [2.05, 4.69) is 47.6 Å². The molecular weight excluding hydrogens is 404 g/mol. The van der Waals surface area contributed by atoms with Gasteiger partial charge in [-0.15, -0.1) is 11.3 Å². The van der Waals surface area contributed by atoms with E-state index in [4.69, 9.17) is 4.98 Å². The number of amides is 1. The molecule has 0 bridgehead atoms. The van der Waals surface area contributed by atoms with Crippen LogP contribution >= 0.6 is 11.3 Å². The van der Waals surface area contributed by atoms with Gasteiger partial charge in [-0.2, -0.15) is 0 Å². The summed E-state index contributed by atoms with van der Waals surface area (Å²) in [4.78, 5) is 26.3. The summed E-state index contributed by atoms with van der Waals surface area (Å²) in [6.07, 6.45) is 5.02. The summed E-state index contributed by atoms with van der Waals surface area (Å²) >= 11 is 1.82. The quantitative estimate of drug-likeness (QED) is 0.728. The third kappa shape index (κ3) is 4.30. The molecule has 1 aromatic carbocycles. The molecule has 31 heavy (non-hydrogen) atoms. The number of hydrogen-bond acceptors (Lipinski definition) is 5. The maximum atomic E-state index is 12.9. The molecule has 1 saturated carbocycles. The summed E-state index contributed by atoms with van der Waals surface area (Å²) in [6.45, 7) is 12.7. The number of carbonyl (C=O) groups excluding carboxylic acids is 1. The van der Waals surface area contributed by atoms with Crippen LogP contribution in [0.1, 0.15) is 46.5 Å². The van der Waals surface area contributed by atoms with Gasteiger partial charge in [-0.1, -0.05) is 24.1 Å². The summed E-state index contributed by atoms with van der Waals surface area (Å²) < 4.78 is 0. The van der Waals surface area contributed by atoms with Gasteiger partial charge >= 0.3 is 0 Å². The van der Waals surface area contributed by atoms with Crippen LogP contribution in [-0.4, -0.2) is 70.9 Å². The van der Waals surface area contributed by atoms with Crippen LogP contribution in [0.5, 0.6) is 0 Å². The average molecular weight is 439 g/mol. The Balaban J connectivity index is 1.21. The Labute approximate surface area is 190 Å². The van der Waals surface area contributed by atoms with Gasteiger partial charge in [-0.3, -0.25) is 14.6 Å². The number of hydrogen-bond donors (Lipinski definition) is 0. The van der Waals surface area contributed by atoms with E-state index < -0.39 is 0 Å². The number of thiazole rings is 1. The van der Waals surface area contributed by atoms with Gasteiger partial charge in [-0.05, 0) is 44.7 Å². The second kappa shape index (κ2) is 8.64. The number of carbonyl (C=O) groups is 1. The maximum Gasteiger partial charge on any atom is 0.236 e. The lowest BCUT2D eigenvalue weighted by molar-refractivity contribution is -0.135. The van der Waals surface area contributed by atoms with Gasteiger partial charge in [0.2, 0.25) is 5.91 Å².